The zero-order chi connectivity index (χ0) is 40.7. The number of nitrogens with zero attached hydrogens (tertiary/aromatic N) is 6. The number of hydrogen-bond acceptors (Lipinski definition) is 11. The second-order valence-electron chi connectivity index (χ2n) is 14.5. The van der Waals surface area contributed by atoms with Crippen LogP contribution < -0.4 is 16.0 Å². The summed E-state index contributed by atoms with van der Waals surface area (Å²) >= 11 is 0. The lowest BCUT2D eigenvalue weighted by Gasteiger charge is -2.39. The molecule has 300 valence electrons. The number of aromatic nitrogens is 5. The molecule has 14 nitrogen and oxygen atoms in total. The summed E-state index contributed by atoms with van der Waals surface area (Å²) in [5.74, 6) is 0.705. The molecule has 15 heteroatoms. The van der Waals surface area contributed by atoms with Gasteiger partial charge in [-0.15, -0.1) is 5.10 Å². The van der Waals surface area contributed by atoms with Crippen LogP contribution in [0.4, 0.5) is 0 Å². The molecule has 6 rings (SSSR count). The normalized spacial score (nSPS) is 18.5. The van der Waals surface area contributed by atoms with E-state index >= 15 is 0 Å². The quantitative estimate of drug-likeness (QED) is 0.0614. The molecule has 1 aliphatic heterocycles. The van der Waals surface area contributed by atoms with Crippen molar-refractivity contribution >= 4 is 8.53 Å². The SMILES string of the molecule is COc1ccc(C(OCC2OC(n3cc(-c4cn(C)nn4)c(=O)[nH]c3=O)CC2OP(OCCC#N)N(C(C)C)C(C)C)(c2ccccc2)c2ccc(C)cc2)cc1. The standard InChI is InChI=1S/C42H50N7O7P/c1-28(2)49(29(3)4)57(54-23-11-22-43)56-37-24-39(48-25-35(40(50)44-41(48)51)36-26-47(6)46-45-36)55-38(37)27-53-42(31-12-9-8-10-13-31,32-16-14-30(5)15-17-32)33-18-20-34(52-7)21-19-33/h8-10,12-21,25-26,28-29,37-39H,11,23-24,27H2,1-7H3,(H,44,50,51). The Morgan fingerprint density at radius 3 is 2.23 bits per heavy atom. The van der Waals surface area contributed by atoms with Crippen molar-refractivity contribution in [3.05, 3.63) is 134 Å². The lowest BCUT2D eigenvalue weighted by Crippen LogP contribution is -2.39. The van der Waals surface area contributed by atoms with Crippen LogP contribution in [0.3, 0.4) is 0 Å². The zero-order valence-corrected chi connectivity index (χ0v) is 34.3. The smallest absolute Gasteiger partial charge is 0.330 e. The largest absolute Gasteiger partial charge is 0.497 e. The molecule has 1 aliphatic rings. The number of benzene rings is 3. The molecular weight excluding hydrogens is 745 g/mol. The van der Waals surface area contributed by atoms with Crippen LogP contribution in [0.15, 0.2) is 101 Å². The maximum absolute atomic E-state index is 13.5. The van der Waals surface area contributed by atoms with E-state index in [2.05, 4.69) is 78.0 Å². The molecule has 3 aromatic carbocycles. The molecule has 0 radical (unpaired) electrons. The van der Waals surface area contributed by atoms with Crippen LogP contribution in [0.5, 0.6) is 5.75 Å². The summed E-state index contributed by atoms with van der Waals surface area (Å²) in [5.41, 5.74) is 1.88. The second-order valence-corrected chi connectivity index (χ2v) is 15.9. The van der Waals surface area contributed by atoms with Crippen LogP contribution in [0.1, 0.15) is 69.0 Å². The fourth-order valence-electron chi connectivity index (χ4n) is 7.14. The minimum atomic E-state index is -1.71. The van der Waals surface area contributed by atoms with E-state index in [0.29, 0.717) is 11.4 Å². The van der Waals surface area contributed by atoms with Gasteiger partial charge in [-0.25, -0.2) is 9.46 Å². The fraction of sp³-hybridized carbons (Fsp3) is 0.405. The summed E-state index contributed by atoms with van der Waals surface area (Å²) in [6.07, 6.45) is 1.22. The van der Waals surface area contributed by atoms with Gasteiger partial charge in [0.05, 0.1) is 50.7 Å². The van der Waals surface area contributed by atoms with Crippen molar-refractivity contribution in [1.82, 2.24) is 29.2 Å². The number of aryl methyl sites for hydroxylation is 2. The number of H-pyrrole nitrogens is 1. The van der Waals surface area contributed by atoms with Crippen LogP contribution >= 0.6 is 8.53 Å². The van der Waals surface area contributed by atoms with E-state index in [1.807, 2.05) is 61.5 Å². The molecule has 3 heterocycles. The average Bonchev–Trinajstić information content (AvgIpc) is 3.81. The molecule has 5 atom stereocenters. The minimum absolute atomic E-state index is 0.0236. The highest BCUT2D eigenvalue weighted by atomic mass is 31.2. The van der Waals surface area contributed by atoms with Crippen molar-refractivity contribution in [1.29, 1.82) is 5.26 Å². The van der Waals surface area contributed by atoms with Gasteiger partial charge in [0.2, 0.25) is 0 Å². The molecule has 1 N–H and O–H groups in total. The number of ether oxygens (including phenoxy) is 3. The van der Waals surface area contributed by atoms with Gasteiger partial charge >= 0.3 is 5.69 Å². The van der Waals surface area contributed by atoms with Crippen LogP contribution in [0.25, 0.3) is 11.3 Å². The Bertz CT molecular complexity index is 2230. The van der Waals surface area contributed by atoms with E-state index < -0.39 is 43.8 Å². The summed E-state index contributed by atoms with van der Waals surface area (Å²) < 4.78 is 37.8. The molecule has 1 saturated heterocycles. The van der Waals surface area contributed by atoms with Crippen LogP contribution in [0.2, 0.25) is 0 Å². The van der Waals surface area contributed by atoms with Gasteiger partial charge in [0.1, 0.15) is 29.4 Å². The molecule has 0 spiro atoms. The van der Waals surface area contributed by atoms with Gasteiger partial charge in [-0.3, -0.25) is 19.0 Å². The molecule has 0 bridgehead atoms. The van der Waals surface area contributed by atoms with Crippen molar-refractivity contribution in [3.8, 4) is 23.1 Å². The molecule has 0 aliphatic carbocycles. The molecule has 57 heavy (non-hydrogen) atoms. The summed E-state index contributed by atoms with van der Waals surface area (Å²) in [6, 6.07) is 28.3. The third-order valence-electron chi connectivity index (χ3n) is 9.82. The first-order valence-corrected chi connectivity index (χ1v) is 20.1. The Morgan fingerprint density at radius 2 is 1.63 bits per heavy atom. The molecular formula is C42H50N7O7P. The average molecular weight is 796 g/mol. The van der Waals surface area contributed by atoms with Gasteiger partial charge in [0.15, 0.2) is 0 Å². The zero-order valence-electron chi connectivity index (χ0n) is 33.4. The van der Waals surface area contributed by atoms with Crippen LogP contribution in [0, 0.1) is 18.3 Å². The van der Waals surface area contributed by atoms with Gasteiger partial charge in [-0.2, -0.15) is 5.26 Å². The maximum Gasteiger partial charge on any atom is 0.330 e. The monoisotopic (exact) mass is 795 g/mol. The highest BCUT2D eigenvalue weighted by Crippen LogP contribution is 2.50. The topological polar surface area (TPSA) is 159 Å². The van der Waals surface area contributed by atoms with E-state index in [1.165, 1.54) is 15.4 Å². The van der Waals surface area contributed by atoms with E-state index in [0.717, 1.165) is 22.3 Å². The number of nitriles is 1. The van der Waals surface area contributed by atoms with Crippen molar-refractivity contribution in [2.45, 2.75) is 83.6 Å². The Balaban J connectivity index is 1.45. The third kappa shape index (κ3) is 9.26. The molecule has 0 saturated carbocycles. The minimum Gasteiger partial charge on any atom is -0.497 e. The Labute approximate surface area is 333 Å². The summed E-state index contributed by atoms with van der Waals surface area (Å²) in [6.45, 7) is 10.5. The van der Waals surface area contributed by atoms with E-state index in [9.17, 15) is 14.9 Å². The van der Waals surface area contributed by atoms with Gasteiger partial charge < -0.3 is 23.3 Å². The van der Waals surface area contributed by atoms with Gasteiger partial charge in [-0.1, -0.05) is 77.5 Å². The predicted octanol–water partition coefficient (Wildman–Crippen LogP) is 6.61. The third-order valence-corrected chi connectivity index (χ3v) is 12.0. The highest BCUT2D eigenvalue weighted by molar-refractivity contribution is 7.44. The van der Waals surface area contributed by atoms with Gasteiger partial charge in [-0.05, 0) is 63.4 Å². The number of aromatic amines is 1. The first kappa shape index (κ1) is 41.6. The van der Waals surface area contributed by atoms with E-state index in [4.69, 9.17) is 23.3 Å². The van der Waals surface area contributed by atoms with Gasteiger partial charge in [0, 0.05) is 31.7 Å². The summed E-state index contributed by atoms with van der Waals surface area (Å²) in [5, 5.41) is 17.4. The second kappa shape index (κ2) is 18.5. The highest BCUT2D eigenvalue weighted by Gasteiger charge is 2.45. The number of rotatable bonds is 17. The van der Waals surface area contributed by atoms with Crippen molar-refractivity contribution < 1.29 is 23.3 Å². The molecule has 5 aromatic rings. The van der Waals surface area contributed by atoms with Crippen LogP contribution in [-0.2, 0) is 31.2 Å². The number of methoxy groups -OCH3 is 1. The Hall–Kier alpha value is -5.00. The van der Waals surface area contributed by atoms with Crippen molar-refractivity contribution in [2.75, 3.05) is 20.3 Å². The maximum atomic E-state index is 13.5. The van der Waals surface area contributed by atoms with E-state index in [-0.39, 0.29) is 43.7 Å². The van der Waals surface area contributed by atoms with Crippen molar-refractivity contribution in [2.24, 2.45) is 7.05 Å². The molecule has 5 unspecified atom stereocenters. The Kier molecular flexibility index (Phi) is 13.5. The predicted molar refractivity (Wildman–Crippen MR) is 216 cm³/mol. The van der Waals surface area contributed by atoms with E-state index in [1.54, 1.807) is 20.4 Å². The summed E-state index contributed by atoms with van der Waals surface area (Å²) in [4.78, 5) is 29.0. The molecule has 0 amide bonds. The lowest BCUT2D eigenvalue weighted by atomic mass is 9.79. The molecule has 1 fully saturated rings. The van der Waals surface area contributed by atoms with Crippen LogP contribution in [-0.4, -0.2) is 73.8 Å². The summed E-state index contributed by atoms with van der Waals surface area (Å²) in [7, 11) is 1.62. The number of hydrogen-bond donors (Lipinski definition) is 1. The van der Waals surface area contributed by atoms with Crippen molar-refractivity contribution in [3.63, 3.8) is 0 Å². The Morgan fingerprint density at radius 1 is 0.982 bits per heavy atom. The lowest BCUT2D eigenvalue weighted by molar-refractivity contribution is -0.0925. The van der Waals surface area contributed by atoms with Gasteiger partial charge in [0.25, 0.3) is 14.1 Å². The first-order chi connectivity index (χ1) is 27.4. The molecule has 2 aromatic heterocycles. The first-order valence-electron chi connectivity index (χ1n) is 19.0. The fourth-order valence-corrected chi connectivity index (χ4v) is 8.90. The number of nitrogens with one attached hydrogen (secondary N) is 1.